The molecule has 0 spiro atoms. The molecule has 0 atom stereocenters. The van der Waals surface area contributed by atoms with E-state index in [-0.39, 0.29) is 19.0 Å². The first kappa shape index (κ1) is 13.9. The topological polar surface area (TPSA) is 41.1 Å². The molecule has 1 aliphatic rings. The molecule has 0 aliphatic heterocycles. The van der Waals surface area contributed by atoms with Crippen LogP contribution in [0.5, 0.6) is 0 Å². The Morgan fingerprint density at radius 3 is 2.68 bits per heavy atom. The third-order valence-electron chi connectivity index (χ3n) is 2.81. The van der Waals surface area contributed by atoms with Gasteiger partial charge in [-0.15, -0.1) is 0 Å². The zero-order chi connectivity index (χ0) is 13.9. The minimum absolute atomic E-state index is 0.116. The normalized spacial score (nSPS) is 15.3. The molecule has 19 heavy (non-hydrogen) atoms. The zero-order valence-electron chi connectivity index (χ0n) is 10.3. The van der Waals surface area contributed by atoms with E-state index in [1.54, 1.807) is 6.07 Å². The Kier molecular flexibility index (Phi) is 4.09. The van der Waals surface area contributed by atoms with Gasteiger partial charge >= 0.3 is 6.18 Å². The summed E-state index contributed by atoms with van der Waals surface area (Å²) in [6.45, 7) is 0.356. The van der Waals surface area contributed by atoms with Gasteiger partial charge in [-0.1, -0.05) is 18.2 Å². The third-order valence-corrected chi connectivity index (χ3v) is 2.81. The van der Waals surface area contributed by atoms with Gasteiger partial charge in [0.15, 0.2) is 0 Å². The second-order valence-electron chi connectivity index (χ2n) is 4.64. The number of hydrogen-bond acceptors (Lipinski definition) is 2. The van der Waals surface area contributed by atoms with E-state index in [2.05, 4.69) is 10.6 Å². The van der Waals surface area contributed by atoms with Crippen molar-refractivity contribution < 1.29 is 18.0 Å². The molecule has 1 aromatic carbocycles. The molecule has 3 nitrogen and oxygen atoms in total. The van der Waals surface area contributed by atoms with Crippen molar-refractivity contribution in [3.05, 3.63) is 35.4 Å². The van der Waals surface area contributed by atoms with Crippen molar-refractivity contribution in [1.29, 1.82) is 0 Å². The van der Waals surface area contributed by atoms with Crippen LogP contribution in [0.15, 0.2) is 24.3 Å². The number of rotatable bonds is 5. The molecule has 0 saturated heterocycles. The van der Waals surface area contributed by atoms with Crippen LogP contribution >= 0.6 is 0 Å². The summed E-state index contributed by atoms with van der Waals surface area (Å²) in [5.74, 6) is -0.116. The number of hydrogen-bond donors (Lipinski definition) is 2. The minimum atomic E-state index is -4.33. The Bertz CT molecular complexity index is 455. The minimum Gasteiger partial charge on any atom is -0.352 e. The monoisotopic (exact) mass is 272 g/mol. The first-order valence-electron chi connectivity index (χ1n) is 6.11. The summed E-state index contributed by atoms with van der Waals surface area (Å²) < 4.78 is 37.5. The molecule has 1 saturated carbocycles. The number of amides is 1. The molecular weight excluding hydrogens is 257 g/mol. The van der Waals surface area contributed by atoms with E-state index in [4.69, 9.17) is 0 Å². The van der Waals surface area contributed by atoms with Crippen LogP contribution in [0, 0.1) is 0 Å². The molecular formula is C13H15F3N2O. The van der Waals surface area contributed by atoms with Gasteiger partial charge in [0.05, 0.1) is 12.1 Å². The fourth-order valence-corrected chi connectivity index (χ4v) is 1.68. The van der Waals surface area contributed by atoms with Crippen molar-refractivity contribution in [2.75, 3.05) is 6.54 Å². The summed E-state index contributed by atoms with van der Waals surface area (Å²) in [6.07, 6.45) is -2.31. The van der Waals surface area contributed by atoms with Crippen LogP contribution in [-0.2, 0) is 17.5 Å². The van der Waals surface area contributed by atoms with Gasteiger partial charge in [-0.25, -0.2) is 0 Å². The largest absolute Gasteiger partial charge is 0.416 e. The Hall–Kier alpha value is -1.56. The number of nitrogens with one attached hydrogen (secondary N) is 2. The number of benzene rings is 1. The van der Waals surface area contributed by atoms with Crippen molar-refractivity contribution >= 4 is 5.91 Å². The fourth-order valence-electron chi connectivity index (χ4n) is 1.68. The molecule has 0 heterocycles. The van der Waals surface area contributed by atoms with Gasteiger partial charge < -0.3 is 10.6 Å². The smallest absolute Gasteiger partial charge is 0.352 e. The highest BCUT2D eigenvalue weighted by atomic mass is 19.4. The molecule has 0 radical (unpaired) electrons. The lowest BCUT2D eigenvalue weighted by Gasteiger charge is -2.09. The molecule has 0 unspecified atom stereocenters. The predicted molar refractivity (Wildman–Crippen MR) is 64.3 cm³/mol. The molecule has 6 heteroatoms. The molecule has 1 amide bonds. The van der Waals surface area contributed by atoms with Gasteiger partial charge in [0, 0.05) is 12.6 Å². The van der Waals surface area contributed by atoms with Crippen molar-refractivity contribution in [2.24, 2.45) is 0 Å². The van der Waals surface area contributed by atoms with Crippen LogP contribution in [0.4, 0.5) is 13.2 Å². The van der Waals surface area contributed by atoms with Crippen LogP contribution in [0.2, 0.25) is 0 Å². The SMILES string of the molecule is O=C(CNCc1cccc(C(F)(F)F)c1)NC1CC1. The van der Waals surface area contributed by atoms with Crippen molar-refractivity contribution in [3.8, 4) is 0 Å². The summed E-state index contributed by atoms with van der Waals surface area (Å²) in [5, 5.41) is 5.63. The lowest BCUT2D eigenvalue weighted by Crippen LogP contribution is -2.34. The zero-order valence-corrected chi connectivity index (χ0v) is 10.3. The van der Waals surface area contributed by atoms with Crippen molar-refractivity contribution in [2.45, 2.75) is 31.6 Å². The number of alkyl halides is 3. The molecule has 2 N–H and O–H groups in total. The Labute approximate surface area is 109 Å². The van der Waals surface area contributed by atoms with E-state index in [1.807, 2.05) is 0 Å². The summed E-state index contributed by atoms with van der Waals surface area (Å²) in [7, 11) is 0. The molecule has 1 fully saturated rings. The van der Waals surface area contributed by atoms with Gasteiger partial charge in [0.25, 0.3) is 0 Å². The molecule has 0 aromatic heterocycles. The highest BCUT2D eigenvalue weighted by molar-refractivity contribution is 5.78. The Balaban J connectivity index is 1.80. The van der Waals surface area contributed by atoms with E-state index < -0.39 is 11.7 Å². The summed E-state index contributed by atoms with van der Waals surface area (Å²) >= 11 is 0. The van der Waals surface area contributed by atoms with E-state index >= 15 is 0 Å². The summed E-state index contributed by atoms with van der Waals surface area (Å²) in [6, 6.07) is 5.38. The third kappa shape index (κ3) is 4.55. The molecule has 1 aliphatic carbocycles. The second-order valence-corrected chi connectivity index (χ2v) is 4.64. The number of halogens is 3. The van der Waals surface area contributed by atoms with Gasteiger partial charge in [0.2, 0.25) is 5.91 Å². The van der Waals surface area contributed by atoms with E-state index in [9.17, 15) is 18.0 Å². The highest BCUT2D eigenvalue weighted by Gasteiger charge is 2.30. The van der Waals surface area contributed by atoms with Crippen molar-refractivity contribution in [3.63, 3.8) is 0 Å². The average molecular weight is 272 g/mol. The molecule has 104 valence electrons. The molecule has 2 rings (SSSR count). The number of carbonyl (C=O) groups is 1. The molecule has 1 aromatic rings. The first-order chi connectivity index (χ1) is 8.95. The van der Waals surface area contributed by atoms with Crippen LogP contribution in [0.25, 0.3) is 0 Å². The maximum atomic E-state index is 12.5. The van der Waals surface area contributed by atoms with Crippen LogP contribution in [0.1, 0.15) is 24.0 Å². The predicted octanol–water partition coefficient (Wildman–Crippen LogP) is 2.07. The standard InChI is InChI=1S/C13H15F3N2O/c14-13(15,16)10-3-1-2-9(6-10)7-17-8-12(19)18-11-4-5-11/h1-3,6,11,17H,4-5,7-8H2,(H,18,19). The van der Waals surface area contributed by atoms with Gasteiger partial charge in [-0.2, -0.15) is 13.2 Å². The summed E-state index contributed by atoms with van der Waals surface area (Å²) in [4.78, 5) is 11.4. The van der Waals surface area contributed by atoms with Gasteiger partial charge in [-0.05, 0) is 24.5 Å². The summed E-state index contributed by atoms with van der Waals surface area (Å²) in [5.41, 5.74) is -0.164. The highest BCUT2D eigenvalue weighted by Crippen LogP contribution is 2.29. The lowest BCUT2D eigenvalue weighted by atomic mass is 10.1. The maximum absolute atomic E-state index is 12.5. The van der Waals surface area contributed by atoms with E-state index in [0.29, 0.717) is 11.6 Å². The van der Waals surface area contributed by atoms with E-state index in [0.717, 1.165) is 25.0 Å². The van der Waals surface area contributed by atoms with Gasteiger partial charge in [-0.3, -0.25) is 4.79 Å². The number of carbonyl (C=O) groups excluding carboxylic acids is 1. The van der Waals surface area contributed by atoms with Crippen molar-refractivity contribution in [1.82, 2.24) is 10.6 Å². The van der Waals surface area contributed by atoms with Crippen LogP contribution in [-0.4, -0.2) is 18.5 Å². The molecule has 0 bridgehead atoms. The van der Waals surface area contributed by atoms with Crippen LogP contribution in [0.3, 0.4) is 0 Å². The average Bonchev–Trinajstić information content (AvgIpc) is 3.12. The van der Waals surface area contributed by atoms with Crippen LogP contribution < -0.4 is 10.6 Å². The quantitative estimate of drug-likeness (QED) is 0.861. The first-order valence-corrected chi connectivity index (χ1v) is 6.11. The van der Waals surface area contributed by atoms with Gasteiger partial charge in [0.1, 0.15) is 0 Å². The fraction of sp³-hybridized carbons (Fsp3) is 0.462. The van der Waals surface area contributed by atoms with E-state index in [1.165, 1.54) is 6.07 Å². The maximum Gasteiger partial charge on any atom is 0.416 e. The second kappa shape index (κ2) is 5.61. The Morgan fingerprint density at radius 2 is 2.05 bits per heavy atom. The lowest BCUT2D eigenvalue weighted by molar-refractivity contribution is -0.137. The Morgan fingerprint density at radius 1 is 1.32 bits per heavy atom.